The molecule has 0 spiro atoms. The largest absolute Gasteiger partial charge is 0.318 e. The third kappa shape index (κ3) is 2.30. The third-order valence-electron chi connectivity index (χ3n) is 3.37. The van der Waals surface area contributed by atoms with Gasteiger partial charge in [0.1, 0.15) is 11.9 Å². The van der Waals surface area contributed by atoms with Gasteiger partial charge in [0, 0.05) is 7.05 Å². The smallest absolute Gasteiger partial charge is 0.295 e. The normalized spacial score (nSPS) is 10.6. The Kier molecular flexibility index (Phi) is 3.34. The average Bonchev–Trinajstić information content (AvgIpc) is 2.72. The van der Waals surface area contributed by atoms with Gasteiger partial charge in [-0.2, -0.15) is 0 Å². The Hall–Kier alpha value is -3.16. The number of H-pyrrole nitrogens is 1. The molecule has 3 rings (SSSR count). The Balaban J connectivity index is 2.11. The lowest BCUT2D eigenvalue weighted by Gasteiger charge is -2.07. The molecule has 0 unspecified atom stereocenters. The first-order valence-corrected chi connectivity index (χ1v) is 6.61. The minimum atomic E-state index is -0.394. The van der Waals surface area contributed by atoms with Crippen molar-refractivity contribution in [2.24, 2.45) is 7.05 Å². The van der Waals surface area contributed by atoms with Crippen LogP contribution in [0.5, 0.6) is 0 Å². The van der Waals surface area contributed by atoms with Gasteiger partial charge in [-0.25, -0.2) is 4.68 Å². The van der Waals surface area contributed by atoms with Crippen LogP contribution in [-0.4, -0.2) is 24.5 Å². The van der Waals surface area contributed by atoms with Gasteiger partial charge in [0.15, 0.2) is 0 Å². The van der Waals surface area contributed by atoms with E-state index in [2.05, 4.69) is 20.5 Å². The van der Waals surface area contributed by atoms with E-state index in [4.69, 9.17) is 0 Å². The van der Waals surface area contributed by atoms with Gasteiger partial charge < -0.3 is 5.32 Å². The minimum absolute atomic E-state index is 0.124. The second kappa shape index (κ2) is 5.32. The number of nitrogens with one attached hydrogen (secondary N) is 2. The minimum Gasteiger partial charge on any atom is -0.318 e. The van der Waals surface area contributed by atoms with Crippen LogP contribution in [0, 0.1) is 6.92 Å². The van der Waals surface area contributed by atoms with Crippen LogP contribution in [0.4, 0.5) is 11.6 Å². The zero-order valence-corrected chi connectivity index (χ0v) is 12.1. The summed E-state index contributed by atoms with van der Waals surface area (Å²) in [5.41, 5.74) is 1.16. The van der Waals surface area contributed by atoms with Crippen molar-refractivity contribution in [3.05, 3.63) is 62.9 Å². The molecule has 112 valence electrons. The fourth-order valence-electron chi connectivity index (χ4n) is 2.20. The van der Waals surface area contributed by atoms with E-state index >= 15 is 0 Å². The summed E-state index contributed by atoms with van der Waals surface area (Å²) in [5.74, 6) is 0.124. The van der Waals surface area contributed by atoms with Crippen molar-refractivity contribution in [3.8, 4) is 5.69 Å². The molecule has 2 heterocycles. The van der Waals surface area contributed by atoms with E-state index in [1.54, 1.807) is 18.7 Å². The van der Waals surface area contributed by atoms with Gasteiger partial charge in [-0.05, 0) is 19.1 Å². The average molecular weight is 298 g/mol. The van der Waals surface area contributed by atoms with Gasteiger partial charge in [0.2, 0.25) is 5.95 Å². The van der Waals surface area contributed by atoms with Gasteiger partial charge in [-0.15, -0.1) is 10.2 Å². The van der Waals surface area contributed by atoms with Crippen molar-refractivity contribution in [2.45, 2.75) is 6.92 Å². The van der Waals surface area contributed by atoms with Crippen molar-refractivity contribution in [2.75, 3.05) is 5.32 Å². The van der Waals surface area contributed by atoms with E-state index < -0.39 is 5.56 Å². The number of anilines is 2. The number of rotatable bonds is 3. The molecule has 1 aromatic carbocycles. The van der Waals surface area contributed by atoms with Gasteiger partial charge in [0.05, 0.1) is 11.4 Å². The second-order valence-electron chi connectivity index (χ2n) is 4.74. The van der Waals surface area contributed by atoms with Gasteiger partial charge in [0.25, 0.3) is 11.1 Å². The summed E-state index contributed by atoms with van der Waals surface area (Å²) >= 11 is 0. The van der Waals surface area contributed by atoms with Crippen molar-refractivity contribution in [3.63, 3.8) is 0 Å². The number of hydrogen-bond donors (Lipinski definition) is 2. The second-order valence-corrected chi connectivity index (χ2v) is 4.74. The summed E-state index contributed by atoms with van der Waals surface area (Å²) in [6, 6.07) is 9.28. The predicted molar refractivity (Wildman–Crippen MR) is 81.7 cm³/mol. The SMILES string of the molecule is Cc1c(Nc2nncc(=O)[nH]2)c(=O)n(-c2ccccc2)n1C. The predicted octanol–water partition coefficient (Wildman–Crippen LogP) is 0.706. The van der Waals surface area contributed by atoms with E-state index in [-0.39, 0.29) is 11.5 Å². The zero-order chi connectivity index (χ0) is 15.7. The molecule has 0 aliphatic rings. The number of aromatic nitrogens is 5. The van der Waals surface area contributed by atoms with Gasteiger partial charge >= 0.3 is 0 Å². The molecule has 2 aromatic heterocycles. The molecule has 0 aliphatic carbocycles. The molecule has 8 nitrogen and oxygen atoms in total. The molecule has 0 fully saturated rings. The standard InChI is InChI=1S/C14H14N6O2/c1-9-12(17-14-16-11(21)8-15-18-14)13(22)20(19(9)2)10-6-4-3-5-7-10/h3-8H,1-2H3,(H2,16,17,18,21). The van der Waals surface area contributed by atoms with Crippen LogP contribution in [0.3, 0.4) is 0 Å². The first-order valence-electron chi connectivity index (χ1n) is 6.61. The number of benzene rings is 1. The Labute approximate surface area is 125 Å². The molecule has 2 N–H and O–H groups in total. The molecule has 0 atom stereocenters. The maximum absolute atomic E-state index is 12.6. The summed E-state index contributed by atoms with van der Waals surface area (Å²) < 4.78 is 3.26. The van der Waals surface area contributed by atoms with Gasteiger partial charge in [-0.3, -0.25) is 19.3 Å². The quantitative estimate of drug-likeness (QED) is 0.742. The fourth-order valence-corrected chi connectivity index (χ4v) is 2.20. The van der Waals surface area contributed by atoms with Crippen LogP contribution in [0.15, 0.2) is 46.1 Å². The molecular formula is C14H14N6O2. The number of aromatic amines is 1. The highest BCUT2D eigenvalue weighted by molar-refractivity contribution is 5.56. The van der Waals surface area contributed by atoms with Crippen molar-refractivity contribution < 1.29 is 0 Å². The summed E-state index contributed by atoms with van der Waals surface area (Å²) in [6.45, 7) is 1.80. The number of para-hydroxylation sites is 1. The van der Waals surface area contributed by atoms with E-state index in [0.29, 0.717) is 11.4 Å². The van der Waals surface area contributed by atoms with Crippen molar-refractivity contribution >= 4 is 11.6 Å². The van der Waals surface area contributed by atoms with E-state index in [0.717, 1.165) is 11.9 Å². The molecule has 3 aromatic rings. The highest BCUT2D eigenvalue weighted by Gasteiger charge is 2.16. The first kappa shape index (κ1) is 13.8. The molecule has 0 radical (unpaired) electrons. The molecule has 0 saturated heterocycles. The number of hydrogen-bond acceptors (Lipinski definition) is 5. The van der Waals surface area contributed by atoms with E-state index in [1.165, 1.54) is 4.68 Å². The monoisotopic (exact) mass is 298 g/mol. The lowest BCUT2D eigenvalue weighted by Crippen LogP contribution is -2.21. The third-order valence-corrected chi connectivity index (χ3v) is 3.37. The topological polar surface area (TPSA) is 97.6 Å². The molecule has 8 heteroatoms. The molecular weight excluding hydrogens is 284 g/mol. The van der Waals surface area contributed by atoms with Crippen molar-refractivity contribution in [1.29, 1.82) is 0 Å². The van der Waals surface area contributed by atoms with Crippen LogP contribution < -0.4 is 16.4 Å². The molecule has 0 bridgehead atoms. The Bertz CT molecular complexity index is 922. The molecule has 22 heavy (non-hydrogen) atoms. The fraction of sp³-hybridized carbons (Fsp3) is 0.143. The van der Waals surface area contributed by atoms with Crippen LogP contribution in [0.2, 0.25) is 0 Å². The Morgan fingerprint density at radius 3 is 2.59 bits per heavy atom. The van der Waals surface area contributed by atoms with E-state index in [1.807, 2.05) is 30.3 Å². The van der Waals surface area contributed by atoms with Crippen LogP contribution in [0.1, 0.15) is 5.69 Å². The number of nitrogens with zero attached hydrogens (tertiary/aromatic N) is 4. The summed E-state index contributed by atoms with van der Waals surface area (Å²) in [4.78, 5) is 26.4. The molecule has 0 amide bonds. The summed E-state index contributed by atoms with van der Waals surface area (Å²) in [6.07, 6.45) is 1.06. The lowest BCUT2D eigenvalue weighted by atomic mass is 10.3. The van der Waals surface area contributed by atoms with Crippen LogP contribution in [0.25, 0.3) is 5.69 Å². The van der Waals surface area contributed by atoms with Crippen molar-refractivity contribution in [1.82, 2.24) is 24.5 Å². The zero-order valence-electron chi connectivity index (χ0n) is 12.1. The highest BCUT2D eigenvalue weighted by atomic mass is 16.1. The summed E-state index contributed by atoms with van der Waals surface area (Å²) in [7, 11) is 1.79. The summed E-state index contributed by atoms with van der Waals surface area (Å²) in [5, 5.41) is 10.1. The Morgan fingerprint density at radius 2 is 1.91 bits per heavy atom. The molecule has 0 aliphatic heterocycles. The lowest BCUT2D eigenvalue weighted by molar-refractivity contribution is 0.630. The van der Waals surface area contributed by atoms with Gasteiger partial charge in [-0.1, -0.05) is 18.2 Å². The highest BCUT2D eigenvalue weighted by Crippen LogP contribution is 2.15. The Morgan fingerprint density at radius 1 is 1.18 bits per heavy atom. The maximum Gasteiger partial charge on any atom is 0.295 e. The van der Waals surface area contributed by atoms with Crippen LogP contribution >= 0.6 is 0 Å². The van der Waals surface area contributed by atoms with Crippen LogP contribution in [-0.2, 0) is 7.05 Å². The first-order chi connectivity index (χ1) is 10.6. The maximum atomic E-state index is 12.6. The molecule has 0 saturated carbocycles. The van der Waals surface area contributed by atoms with E-state index in [9.17, 15) is 9.59 Å².